The fraction of sp³-hybridized carbons (Fsp3) is 1.00. The predicted molar refractivity (Wildman–Crippen MR) is 26.3 cm³/mol. The van der Waals surface area contributed by atoms with Gasteiger partial charge in [-0.1, -0.05) is 0 Å². The Hall–Kier alpha value is -0.0800. The van der Waals surface area contributed by atoms with E-state index in [1.165, 1.54) is 0 Å². The van der Waals surface area contributed by atoms with Crippen molar-refractivity contribution in [3.05, 3.63) is 0 Å². The summed E-state index contributed by atoms with van der Waals surface area (Å²) in [7, 11) is 1.88. The molecule has 2 nitrogen and oxygen atoms in total. The van der Waals surface area contributed by atoms with Crippen molar-refractivity contribution >= 4 is 0 Å². The Morgan fingerprint density at radius 1 is 1.71 bits per heavy atom. The van der Waals surface area contributed by atoms with Crippen molar-refractivity contribution in [3.8, 4) is 0 Å². The van der Waals surface area contributed by atoms with Gasteiger partial charge in [-0.05, 0) is 19.9 Å². The van der Waals surface area contributed by atoms with Crippen LogP contribution in [0.5, 0.6) is 0 Å². The molecule has 1 rings (SSSR count). The minimum absolute atomic E-state index is 0.403. The van der Waals surface area contributed by atoms with E-state index in [1.54, 1.807) is 0 Å². The minimum Gasteiger partial charge on any atom is -0.279 e. The van der Waals surface area contributed by atoms with Gasteiger partial charge in [0.1, 0.15) is 6.23 Å². The Labute approximate surface area is 43.7 Å². The summed E-state index contributed by atoms with van der Waals surface area (Å²) in [6, 6.07) is 0. The van der Waals surface area contributed by atoms with E-state index >= 15 is 0 Å². The van der Waals surface area contributed by atoms with Crippen molar-refractivity contribution in [1.29, 1.82) is 0 Å². The van der Waals surface area contributed by atoms with Gasteiger partial charge in [0.2, 0.25) is 0 Å². The fourth-order valence-corrected chi connectivity index (χ4v) is 0.880. The second-order valence-corrected chi connectivity index (χ2v) is 2.08. The second-order valence-electron chi connectivity index (χ2n) is 2.08. The Morgan fingerprint density at radius 3 is 2.57 bits per heavy atom. The summed E-state index contributed by atoms with van der Waals surface area (Å²) in [6.07, 6.45) is 1.53. The van der Waals surface area contributed by atoms with Crippen molar-refractivity contribution < 1.29 is 5.11 Å². The average molecular weight is 100 g/mol. The highest BCUT2D eigenvalue weighted by molar-refractivity contribution is 4.64. The smallest absolute Gasteiger partial charge is 0.146 e. The summed E-state index contributed by atoms with van der Waals surface area (Å²) >= 11 is 0. The van der Waals surface area contributed by atoms with E-state index < -0.39 is 6.23 Å². The molecule has 2 heteroatoms. The molecule has 0 aromatic heterocycles. The zero-order valence-electron chi connectivity index (χ0n) is 4.55. The molecule has 0 bridgehead atoms. The molecule has 0 aliphatic carbocycles. The largest absolute Gasteiger partial charge is 0.279 e. The lowest BCUT2D eigenvalue weighted by Gasteiger charge is -2.08. The van der Waals surface area contributed by atoms with E-state index in [9.17, 15) is 5.11 Å². The van der Waals surface area contributed by atoms with Crippen LogP contribution in [0.1, 0.15) is 12.8 Å². The van der Waals surface area contributed by atoms with Crippen LogP contribution in [0.3, 0.4) is 0 Å². The monoisotopic (exact) mass is 100 g/mol. The Morgan fingerprint density at radius 2 is 2.43 bits per heavy atom. The first kappa shape index (κ1) is 5.06. The Bertz CT molecular complexity index is 57.1. The summed E-state index contributed by atoms with van der Waals surface area (Å²) in [5.41, 5.74) is 0. The zero-order chi connectivity index (χ0) is 5.28. The first-order chi connectivity index (χ1) is 3.30. The third kappa shape index (κ3) is 0.924. The molecule has 0 N–H and O–H groups in total. The van der Waals surface area contributed by atoms with Crippen LogP contribution in [0.2, 0.25) is 0 Å². The lowest BCUT2D eigenvalue weighted by atomic mass is 10.4. The standard InChI is InChI=1S/C5H10NO/c1-6-4-2-3-5(6)7/h5H,2-4H2,1H3. The maximum atomic E-state index is 10.6. The lowest BCUT2D eigenvalue weighted by Crippen LogP contribution is -2.22. The van der Waals surface area contributed by atoms with Gasteiger partial charge >= 0.3 is 0 Å². The number of hydrogen-bond acceptors (Lipinski definition) is 1. The van der Waals surface area contributed by atoms with Crippen LogP contribution in [-0.2, 0) is 5.11 Å². The molecular formula is C5H10NO. The highest BCUT2D eigenvalue weighted by Gasteiger charge is 2.18. The zero-order valence-corrected chi connectivity index (χ0v) is 4.55. The molecule has 1 heterocycles. The first-order valence-electron chi connectivity index (χ1n) is 2.67. The highest BCUT2D eigenvalue weighted by Crippen LogP contribution is 2.10. The van der Waals surface area contributed by atoms with Crippen LogP contribution in [0.15, 0.2) is 0 Å². The molecule has 1 aliphatic rings. The van der Waals surface area contributed by atoms with Gasteiger partial charge in [-0.25, -0.2) is 5.11 Å². The third-order valence-corrected chi connectivity index (χ3v) is 1.45. The lowest BCUT2D eigenvalue weighted by molar-refractivity contribution is -0.00561. The predicted octanol–water partition coefficient (Wildman–Crippen LogP) is 0.469. The van der Waals surface area contributed by atoms with Gasteiger partial charge in [-0.15, -0.1) is 0 Å². The van der Waals surface area contributed by atoms with Gasteiger partial charge in [0.05, 0.1) is 0 Å². The van der Waals surface area contributed by atoms with E-state index in [2.05, 4.69) is 0 Å². The molecule has 1 unspecified atom stereocenters. The summed E-state index contributed by atoms with van der Waals surface area (Å²) in [4.78, 5) is 1.85. The van der Waals surface area contributed by atoms with Gasteiger partial charge in [0, 0.05) is 6.54 Å². The highest BCUT2D eigenvalue weighted by atomic mass is 16.3. The van der Waals surface area contributed by atoms with Crippen molar-refractivity contribution in [2.24, 2.45) is 0 Å². The molecule has 7 heavy (non-hydrogen) atoms. The number of nitrogens with zero attached hydrogens (tertiary/aromatic N) is 1. The molecule has 0 spiro atoms. The SMILES string of the molecule is CN1CCCC1[O]. The van der Waals surface area contributed by atoms with Gasteiger partial charge in [0.15, 0.2) is 0 Å². The fourth-order valence-electron chi connectivity index (χ4n) is 0.880. The van der Waals surface area contributed by atoms with Gasteiger partial charge in [0.25, 0.3) is 0 Å². The van der Waals surface area contributed by atoms with Gasteiger partial charge < -0.3 is 0 Å². The number of hydrogen-bond donors (Lipinski definition) is 0. The van der Waals surface area contributed by atoms with E-state index in [4.69, 9.17) is 0 Å². The normalized spacial score (nSPS) is 34.3. The molecule has 0 saturated carbocycles. The van der Waals surface area contributed by atoms with E-state index in [0.717, 1.165) is 19.4 Å². The van der Waals surface area contributed by atoms with E-state index in [-0.39, 0.29) is 0 Å². The van der Waals surface area contributed by atoms with Gasteiger partial charge in [-0.3, -0.25) is 4.90 Å². The summed E-state index contributed by atoms with van der Waals surface area (Å²) in [5, 5.41) is 10.6. The molecule has 1 saturated heterocycles. The second kappa shape index (κ2) is 1.80. The summed E-state index contributed by atoms with van der Waals surface area (Å²) in [6.45, 7) is 0.994. The first-order valence-corrected chi connectivity index (χ1v) is 2.67. The van der Waals surface area contributed by atoms with Crippen LogP contribution in [0, 0.1) is 0 Å². The van der Waals surface area contributed by atoms with Crippen LogP contribution in [0.25, 0.3) is 0 Å². The number of rotatable bonds is 0. The maximum absolute atomic E-state index is 10.6. The molecule has 1 radical (unpaired) electrons. The molecule has 0 aromatic rings. The van der Waals surface area contributed by atoms with Crippen molar-refractivity contribution in [3.63, 3.8) is 0 Å². The van der Waals surface area contributed by atoms with Crippen LogP contribution < -0.4 is 0 Å². The van der Waals surface area contributed by atoms with Crippen LogP contribution in [0.4, 0.5) is 0 Å². The van der Waals surface area contributed by atoms with Crippen molar-refractivity contribution in [1.82, 2.24) is 4.90 Å². The van der Waals surface area contributed by atoms with Crippen LogP contribution >= 0.6 is 0 Å². The minimum atomic E-state index is -0.403. The molecule has 1 fully saturated rings. The average Bonchev–Trinajstić information content (AvgIpc) is 1.91. The van der Waals surface area contributed by atoms with Crippen molar-refractivity contribution in [2.75, 3.05) is 13.6 Å². The van der Waals surface area contributed by atoms with E-state index in [0.29, 0.717) is 0 Å². The molecule has 0 aromatic carbocycles. The Kier molecular flexibility index (Phi) is 1.30. The molecule has 0 amide bonds. The van der Waals surface area contributed by atoms with Crippen LogP contribution in [-0.4, -0.2) is 24.7 Å². The van der Waals surface area contributed by atoms with Crippen molar-refractivity contribution in [2.45, 2.75) is 19.1 Å². The summed E-state index contributed by atoms with van der Waals surface area (Å²) < 4.78 is 0. The van der Waals surface area contributed by atoms with Gasteiger partial charge in [-0.2, -0.15) is 0 Å². The quantitative estimate of drug-likeness (QED) is 0.434. The maximum Gasteiger partial charge on any atom is 0.146 e. The van der Waals surface area contributed by atoms with E-state index in [1.807, 2.05) is 11.9 Å². The molecule has 1 atom stereocenters. The topological polar surface area (TPSA) is 23.1 Å². The molecule has 41 valence electrons. The summed E-state index contributed by atoms with van der Waals surface area (Å²) in [5.74, 6) is 0. The molecular weight excluding hydrogens is 90.1 g/mol. The third-order valence-electron chi connectivity index (χ3n) is 1.45. The number of likely N-dealkylation sites (tertiary alicyclic amines) is 1. The Balaban J connectivity index is 2.33. The molecule has 1 aliphatic heterocycles.